The third-order valence-electron chi connectivity index (χ3n) is 4.19. The number of likely N-dealkylation sites (N-methyl/N-ethyl adjacent to an activating group) is 1. The first-order valence-corrected chi connectivity index (χ1v) is 7.87. The van der Waals surface area contributed by atoms with Crippen molar-refractivity contribution in [2.75, 3.05) is 32.1 Å². The highest BCUT2D eigenvalue weighted by Gasteiger charge is 2.31. The molecule has 21 heavy (non-hydrogen) atoms. The molecule has 4 nitrogen and oxygen atoms in total. The zero-order valence-corrected chi connectivity index (χ0v) is 14.3. The summed E-state index contributed by atoms with van der Waals surface area (Å²) in [5.74, 6) is 1.79. The number of anilines is 1. The summed E-state index contributed by atoms with van der Waals surface area (Å²) in [7, 11) is 4.34. The van der Waals surface area contributed by atoms with Gasteiger partial charge in [0.25, 0.3) is 0 Å². The van der Waals surface area contributed by atoms with E-state index in [0.717, 1.165) is 25.5 Å². The first-order valence-electron chi connectivity index (χ1n) is 7.87. The highest BCUT2D eigenvalue weighted by Crippen LogP contribution is 2.25. The minimum absolute atomic E-state index is 0.140. The number of nitrogens with one attached hydrogen (secondary N) is 1. The molecule has 1 N–H and O–H groups in total. The van der Waals surface area contributed by atoms with E-state index in [2.05, 4.69) is 74.0 Å². The molecule has 0 aliphatic carbocycles. The molecule has 1 aliphatic heterocycles. The Morgan fingerprint density at radius 2 is 2.05 bits per heavy atom. The van der Waals surface area contributed by atoms with E-state index in [9.17, 15) is 0 Å². The van der Waals surface area contributed by atoms with Crippen LogP contribution in [-0.4, -0.2) is 48.6 Å². The second-order valence-electron chi connectivity index (χ2n) is 7.54. The Morgan fingerprint density at radius 1 is 1.33 bits per heavy atom. The van der Waals surface area contributed by atoms with Gasteiger partial charge in [0.15, 0.2) is 0 Å². The average molecular weight is 290 g/mol. The third kappa shape index (κ3) is 4.42. The van der Waals surface area contributed by atoms with E-state index in [0.29, 0.717) is 12.0 Å². The summed E-state index contributed by atoms with van der Waals surface area (Å²) >= 11 is 0. The zero-order chi connectivity index (χ0) is 15.6. The lowest BCUT2D eigenvalue weighted by atomic mass is 10.1. The van der Waals surface area contributed by atoms with Gasteiger partial charge in [-0.2, -0.15) is 0 Å². The molecule has 0 aromatic carbocycles. The summed E-state index contributed by atoms with van der Waals surface area (Å²) in [6, 6.07) is 4.94. The van der Waals surface area contributed by atoms with Crippen molar-refractivity contribution < 1.29 is 0 Å². The van der Waals surface area contributed by atoms with E-state index in [-0.39, 0.29) is 5.54 Å². The summed E-state index contributed by atoms with van der Waals surface area (Å²) < 4.78 is 0. The second kappa shape index (κ2) is 6.32. The maximum atomic E-state index is 4.57. The molecule has 0 amide bonds. The van der Waals surface area contributed by atoms with Gasteiger partial charge in [-0.15, -0.1) is 0 Å². The van der Waals surface area contributed by atoms with E-state index in [1.807, 2.05) is 6.20 Å². The predicted molar refractivity (Wildman–Crippen MR) is 89.7 cm³/mol. The molecule has 4 heteroatoms. The summed E-state index contributed by atoms with van der Waals surface area (Å²) in [4.78, 5) is 9.32. The fourth-order valence-corrected chi connectivity index (χ4v) is 2.92. The molecule has 1 fully saturated rings. The lowest BCUT2D eigenvalue weighted by Gasteiger charge is -2.23. The van der Waals surface area contributed by atoms with Crippen LogP contribution in [0.5, 0.6) is 0 Å². The molecule has 0 spiro atoms. The molecule has 2 rings (SSSR count). The van der Waals surface area contributed by atoms with Gasteiger partial charge < -0.3 is 15.1 Å². The van der Waals surface area contributed by atoms with Crippen LogP contribution in [0.4, 0.5) is 5.82 Å². The highest BCUT2D eigenvalue weighted by molar-refractivity contribution is 5.43. The summed E-state index contributed by atoms with van der Waals surface area (Å²) in [6.07, 6.45) is 1.93. The van der Waals surface area contributed by atoms with Gasteiger partial charge in [0.05, 0.1) is 0 Å². The van der Waals surface area contributed by atoms with Gasteiger partial charge >= 0.3 is 0 Å². The first-order chi connectivity index (χ1) is 9.76. The molecule has 0 saturated carbocycles. The van der Waals surface area contributed by atoms with E-state index < -0.39 is 0 Å². The molecule has 1 aliphatic rings. The van der Waals surface area contributed by atoms with Crippen molar-refractivity contribution in [1.29, 1.82) is 0 Å². The predicted octanol–water partition coefficient (Wildman–Crippen LogP) is 2.36. The number of hydrogen-bond donors (Lipinski definition) is 1. The number of hydrogen-bond acceptors (Lipinski definition) is 4. The number of nitrogens with zero attached hydrogens (tertiary/aromatic N) is 3. The SMILES string of the molecule is CC1CN(c2cc(CNC(C)(C)C)ccn2)CC1N(C)C. The minimum atomic E-state index is 0.140. The molecule has 2 atom stereocenters. The molecule has 1 aromatic rings. The number of aromatic nitrogens is 1. The lowest BCUT2D eigenvalue weighted by Crippen LogP contribution is -2.35. The smallest absolute Gasteiger partial charge is 0.128 e. The van der Waals surface area contributed by atoms with E-state index in [1.54, 1.807) is 0 Å². The number of pyridine rings is 1. The lowest BCUT2D eigenvalue weighted by molar-refractivity contribution is 0.266. The number of rotatable bonds is 4. The average Bonchev–Trinajstić information content (AvgIpc) is 2.78. The maximum Gasteiger partial charge on any atom is 0.128 e. The van der Waals surface area contributed by atoms with E-state index in [1.165, 1.54) is 5.56 Å². The Balaban J connectivity index is 2.05. The van der Waals surface area contributed by atoms with E-state index in [4.69, 9.17) is 0 Å². The standard InChI is InChI=1S/C17H30N4/c1-13-11-21(12-15(13)20(5)6)16-9-14(7-8-18-16)10-19-17(2,3)4/h7-9,13,15,19H,10-12H2,1-6H3. The van der Waals surface area contributed by atoms with Crippen LogP contribution in [0.2, 0.25) is 0 Å². The fraction of sp³-hybridized carbons (Fsp3) is 0.706. The largest absolute Gasteiger partial charge is 0.355 e. The molecule has 1 saturated heterocycles. The summed E-state index contributed by atoms with van der Waals surface area (Å²) in [5, 5.41) is 3.54. The van der Waals surface area contributed by atoms with Crippen molar-refractivity contribution in [3.05, 3.63) is 23.9 Å². The van der Waals surface area contributed by atoms with Crippen molar-refractivity contribution in [3.63, 3.8) is 0 Å². The van der Waals surface area contributed by atoms with Crippen LogP contribution in [0.15, 0.2) is 18.3 Å². The van der Waals surface area contributed by atoms with Crippen LogP contribution < -0.4 is 10.2 Å². The van der Waals surface area contributed by atoms with Gasteiger partial charge in [-0.3, -0.25) is 0 Å². The third-order valence-corrected chi connectivity index (χ3v) is 4.19. The summed E-state index contributed by atoms with van der Waals surface area (Å²) in [5.41, 5.74) is 1.44. The Bertz CT molecular complexity index is 464. The van der Waals surface area contributed by atoms with Gasteiger partial charge in [0, 0.05) is 37.4 Å². The van der Waals surface area contributed by atoms with Gasteiger partial charge in [-0.05, 0) is 58.5 Å². The molecule has 2 heterocycles. The first kappa shape index (κ1) is 16.2. The van der Waals surface area contributed by atoms with Crippen LogP contribution in [0, 0.1) is 5.92 Å². The second-order valence-corrected chi connectivity index (χ2v) is 7.54. The Kier molecular flexibility index (Phi) is 4.89. The maximum absolute atomic E-state index is 4.57. The van der Waals surface area contributed by atoms with Gasteiger partial charge in [0.2, 0.25) is 0 Å². The van der Waals surface area contributed by atoms with Crippen LogP contribution in [0.3, 0.4) is 0 Å². The van der Waals surface area contributed by atoms with Gasteiger partial charge in [0.1, 0.15) is 5.82 Å². The Labute approximate surface area is 129 Å². The molecule has 0 bridgehead atoms. The normalized spacial score (nSPS) is 23.1. The van der Waals surface area contributed by atoms with Crippen LogP contribution in [0.25, 0.3) is 0 Å². The van der Waals surface area contributed by atoms with Gasteiger partial charge in [-0.25, -0.2) is 4.98 Å². The van der Waals surface area contributed by atoms with Crippen molar-refractivity contribution >= 4 is 5.82 Å². The highest BCUT2D eigenvalue weighted by atomic mass is 15.3. The van der Waals surface area contributed by atoms with Crippen molar-refractivity contribution in [2.45, 2.75) is 45.8 Å². The van der Waals surface area contributed by atoms with Crippen molar-refractivity contribution in [1.82, 2.24) is 15.2 Å². The van der Waals surface area contributed by atoms with E-state index >= 15 is 0 Å². The fourth-order valence-electron chi connectivity index (χ4n) is 2.92. The topological polar surface area (TPSA) is 31.4 Å². The summed E-state index contributed by atoms with van der Waals surface area (Å²) in [6.45, 7) is 12.0. The minimum Gasteiger partial charge on any atom is -0.355 e. The van der Waals surface area contributed by atoms with Crippen LogP contribution in [-0.2, 0) is 6.54 Å². The van der Waals surface area contributed by atoms with Crippen molar-refractivity contribution in [3.8, 4) is 0 Å². The Hall–Kier alpha value is -1.13. The molecule has 2 unspecified atom stereocenters. The zero-order valence-electron chi connectivity index (χ0n) is 14.3. The van der Waals surface area contributed by atoms with Crippen molar-refractivity contribution in [2.24, 2.45) is 5.92 Å². The molecule has 118 valence electrons. The van der Waals surface area contributed by atoms with Crippen LogP contribution >= 0.6 is 0 Å². The molecular formula is C17H30N4. The quantitative estimate of drug-likeness (QED) is 0.922. The monoisotopic (exact) mass is 290 g/mol. The molecular weight excluding hydrogens is 260 g/mol. The van der Waals surface area contributed by atoms with Gasteiger partial charge in [-0.1, -0.05) is 6.92 Å². The molecule has 0 radical (unpaired) electrons. The van der Waals surface area contributed by atoms with Crippen LogP contribution in [0.1, 0.15) is 33.3 Å². The molecule has 1 aromatic heterocycles. The Morgan fingerprint density at radius 3 is 2.62 bits per heavy atom.